The SMILES string of the molecule is CC(C)(C(=O)O)C(F)(F)C(C)(C)C(F)(F)F. The number of carboxylic acids is 1. The standard InChI is InChI=1S/C9H13F5O2/c1-6(2,5(15)16)8(10,11)7(3,4)9(12,13)14/h1-4H3,(H,15,16). The fourth-order valence-corrected chi connectivity index (χ4v) is 1.09. The Hall–Kier alpha value is -0.880. The van der Waals surface area contributed by atoms with Gasteiger partial charge in [0.25, 0.3) is 5.92 Å². The van der Waals surface area contributed by atoms with Gasteiger partial charge in [0.2, 0.25) is 0 Å². The van der Waals surface area contributed by atoms with Crippen molar-refractivity contribution in [2.75, 3.05) is 0 Å². The number of carbonyl (C=O) groups is 1. The lowest BCUT2D eigenvalue weighted by Crippen LogP contribution is -2.58. The summed E-state index contributed by atoms with van der Waals surface area (Å²) in [5, 5.41) is 8.56. The summed E-state index contributed by atoms with van der Waals surface area (Å²) in [7, 11) is 0. The van der Waals surface area contributed by atoms with Crippen molar-refractivity contribution in [3.63, 3.8) is 0 Å². The Morgan fingerprint density at radius 3 is 1.44 bits per heavy atom. The Balaban J connectivity index is 5.62. The van der Waals surface area contributed by atoms with Crippen molar-refractivity contribution in [2.24, 2.45) is 10.8 Å². The minimum Gasteiger partial charge on any atom is -0.481 e. The minimum absolute atomic E-state index is 0.289. The molecule has 0 saturated carbocycles. The Kier molecular flexibility index (Phi) is 3.37. The van der Waals surface area contributed by atoms with E-state index in [0.29, 0.717) is 13.8 Å². The van der Waals surface area contributed by atoms with Crippen LogP contribution in [-0.2, 0) is 4.79 Å². The van der Waals surface area contributed by atoms with Gasteiger partial charge in [0.1, 0.15) is 10.8 Å². The second-order valence-electron chi connectivity index (χ2n) is 4.63. The number of rotatable bonds is 3. The summed E-state index contributed by atoms with van der Waals surface area (Å²) in [5.41, 5.74) is -6.21. The van der Waals surface area contributed by atoms with E-state index in [1.165, 1.54) is 0 Å². The van der Waals surface area contributed by atoms with E-state index >= 15 is 0 Å². The van der Waals surface area contributed by atoms with Crippen LogP contribution in [-0.4, -0.2) is 23.2 Å². The first kappa shape index (κ1) is 15.1. The Labute approximate surface area is 89.4 Å². The van der Waals surface area contributed by atoms with Gasteiger partial charge in [-0.15, -0.1) is 0 Å². The summed E-state index contributed by atoms with van der Waals surface area (Å²) in [6, 6.07) is 0. The quantitative estimate of drug-likeness (QED) is 0.778. The van der Waals surface area contributed by atoms with Crippen molar-refractivity contribution < 1.29 is 31.9 Å². The molecular weight excluding hydrogens is 235 g/mol. The van der Waals surface area contributed by atoms with E-state index in [0.717, 1.165) is 0 Å². The summed E-state index contributed by atoms with van der Waals surface area (Å²) >= 11 is 0. The summed E-state index contributed by atoms with van der Waals surface area (Å²) in [6.07, 6.45) is -5.19. The molecule has 0 aromatic rings. The highest BCUT2D eigenvalue weighted by Crippen LogP contribution is 2.56. The lowest BCUT2D eigenvalue weighted by molar-refractivity contribution is -0.310. The molecule has 0 spiro atoms. The van der Waals surface area contributed by atoms with E-state index in [1.54, 1.807) is 0 Å². The average Bonchev–Trinajstić information content (AvgIpc) is 2.00. The highest BCUT2D eigenvalue weighted by atomic mass is 19.4. The molecule has 0 aliphatic carbocycles. The van der Waals surface area contributed by atoms with Gasteiger partial charge >= 0.3 is 12.1 Å². The number of halogens is 5. The predicted molar refractivity (Wildman–Crippen MR) is 46.2 cm³/mol. The van der Waals surface area contributed by atoms with Crippen molar-refractivity contribution in [1.82, 2.24) is 0 Å². The molecule has 0 heterocycles. The predicted octanol–water partition coefficient (Wildman–Crippen LogP) is 3.32. The molecule has 0 aromatic carbocycles. The van der Waals surface area contributed by atoms with Crippen LogP contribution >= 0.6 is 0 Å². The smallest absolute Gasteiger partial charge is 0.399 e. The molecule has 0 aromatic heterocycles. The zero-order valence-electron chi connectivity index (χ0n) is 9.25. The Morgan fingerprint density at radius 2 is 1.25 bits per heavy atom. The molecule has 0 radical (unpaired) electrons. The normalized spacial score (nSPS) is 15.1. The Bertz CT molecular complexity index is 291. The molecular formula is C9H13F5O2. The zero-order valence-corrected chi connectivity index (χ0v) is 9.25. The molecule has 0 aliphatic rings. The third-order valence-corrected chi connectivity index (χ3v) is 2.81. The molecule has 1 N–H and O–H groups in total. The number of hydrogen-bond acceptors (Lipinski definition) is 1. The van der Waals surface area contributed by atoms with Crippen LogP contribution in [0.5, 0.6) is 0 Å². The monoisotopic (exact) mass is 248 g/mol. The lowest BCUT2D eigenvalue weighted by Gasteiger charge is -2.42. The summed E-state index contributed by atoms with van der Waals surface area (Å²) in [5.74, 6) is -6.40. The molecule has 0 aliphatic heterocycles. The highest BCUT2D eigenvalue weighted by molar-refractivity contribution is 5.75. The van der Waals surface area contributed by atoms with Crippen molar-refractivity contribution in [3.8, 4) is 0 Å². The Morgan fingerprint density at radius 1 is 0.938 bits per heavy atom. The fraction of sp³-hybridized carbons (Fsp3) is 0.889. The van der Waals surface area contributed by atoms with Gasteiger partial charge in [-0.1, -0.05) is 0 Å². The number of alkyl halides is 5. The molecule has 0 saturated heterocycles. The molecule has 0 fully saturated rings. The summed E-state index contributed by atoms with van der Waals surface area (Å²) in [4.78, 5) is 10.6. The maximum absolute atomic E-state index is 13.6. The van der Waals surface area contributed by atoms with E-state index in [2.05, 4.69) is 0 Å². The second-order valence-corrected chi connectivity index (χ2v) is 4.63. The number of aliphatic carboxylic acids is 1. The molecule has 2 nitrogen and oxygen atoms in total. The maximum atomic E-state index is 13.6. The van der Waals surface area contributed by atoms with Gasteiger partial charge in [-0.2, -0.15) is 13.2 Å². The van der Waals surface area contributed by atoms with Crippen LogP contribution in [0.4, 0.5) is 22.0 Å². The molecule has 0 unspecified atom stereocenters. The lowest BCUT2D eigenvalue weighted by atomic mass is 9.70. The second kappa shape index (κ2) is 3.56. The largest absolute Gasteiger partial charge is 0.481 e. The van der Waals surface area contributed by atoms with Crippen molar-refractivity contribution in [3.05, 3.63) is 0 Å². The van der Waals surface area contributed by atoms with E-state index in [4.69, 9.17) is 5.11 Å². The van der Waals surface area contributed by atoms with E-state index < -0.39 is 28.9 Å². The van der Waals surface area contributed by atoms with Gasteiger partial charge in [0.05, 0.1) is 0 Å². The van der Waals surface area contributed by atoms with Crippen LogP contribution in [0.25, 0.3) is 0 Å². The van der Waals surface area contributed by atoms with Crippen molar-refractivity contribution in [1.29, 1.82) is 0 Å². The van der Waals surface area contributed by atoms with Crippen LogP contribution in [0, 0.1) is 10.8 Å². The first-order chi connectivity index (χ1) is 6.69. The van der Waals surface area contributed by atoms with Crippen LogP contribution in [0.3, 0.4) is 0 Å². The number of carboxylic acid groups (broad SMARTS) is 1. The third-order valence-electron chi connectivity index (χ3n) is 2.81. The molecule has 96 valence electrons. The molecule has 0 atom stereocenters. The molecule has 16 heavy (non-hydrogen) atoms. The van der Waals surface area contributed by atoms with Crippen LogP contribution in [0.15, 0.2) is 0 Å². The molecule has 7 heteroatoms. The van der Waals surface area contributed by atoms with Gasteiger partial charge in [-0.05, 0) is 27.7 Å². The summed E-state index contributed by atoms with van der Waals surface area (Å²) in [6.45, 7) is 1.72. The van der Waals surface area contributed by atoms with E-state index in [1.807, 2.05) is 0 Å². The molecule has 0 amide bonds. The topological polar surface area (TPSA) is 37.3 Å². The third kappa shape index (κ3) is 1.87. The van der Waals surface area contributed by atoms with E-state index in [9.17, 15) is 26.7 Å². The van der Waals surface area contributed by atoms with Crippen molar-refractivity contribution >= 4 is 5.97 Å². The van der Waals surface area contributed by atoms with Gasteiger partial charge in [-0.3, -0.25) is 4.79 Å². The first-order valence-corrected chi connectivity index (χ1v) is 4.37. The van der Waals surface area contributed by atoms with Crippen molar-refractivity contribution in [2.45, 2.75) is 39.8 Å². The molecule has 0 rings (SSSR count). The van der Waals surface area contributed by atoms with Gasteiger partial charge in [0.15, 0.2) is 0 Å². The van der Waals surface area contributed by atoms with Gasteiger partial charge in [0, 0.05) is 0 Å². The van der Waals surface area contributed by atoms with Gasteiger partial charge < -0.3 is 5.11 Å². The van der Waals surface area contributed by atoms with Gasteiger partial charge in [-0.25, -0.2) is 8.78 Å². The fourth-order valence-electron chi connectivity index (χ4n) is 1.09. The zero-order chi connectivity index (χ0) is 13.6. The minimum atomic E-state index is -5.19. The van der Waals surface area contributed by atoms with Crippen LogP contribution < -0.4 is 0 Å². The van der Waals surface area contributed by atoms with Crippen LogP contribution in [0.2, 0.25) is 0 Å². The van der Waals surface area contributed by atoms with E-state index in [-0.39, 0.29) is 13.8 Å². The van der Waals surface area contributed by atoms with Crippen LogP contribution in [0.1, 0.15) is 27.7 Å². The highest BCUT2D eigenvalue weighted by Gasteiger charge is 2.70. The number of hydrogen-bond donors (Lipinski definition) is 1. The maximum Gasteiger partial charge on any atom is 0.399 e. The average molecular weight is 248 g/mol. The first-order valence-electron chi connectivity index (χ1n) is 4.37. The molecule has 0 bridgehead atoms. The summed E-state index contributed by atoms with van der Waals surface area (Å²) < 4.78 is 64.6.